The summed E-state index contributed by atoms with van der Waals surface area (Å²) in [5.74, 6) is -0.501. The van der Waals surface area contributed by atoms with Crippen LogP contribution >= 0.6 is 23.2 Å². The van der Waals surface area contributed by atoms with Crippen molar-refractivity contribution in [2.24, 2.45) is 5.10 Å². The first-order valence-corrected chi connectivity index (χ1v) is 8.47. The zero-order valence-corrected chi connectivity index (χ0v) is 15.7. The number of amides is 1. The van der Waals surface area contributed by atoms with Crippen molar-refractivity contribution in [2.75, 3.05) is 5.73 Å². The van der Waals surface area contributed by atoms with Gasteiger partial charge in [-0.25, -0.2) is 10.1 Å². The summed E-state index contributed by atoms with van der Waals surface area (Å²) in [6, 6.07) is 5.08. The average molecular weight is 409 g/mol. The van der Waals surface area contributed by atoms with E-state index < -0.39 is 5.91 Å². The number of halogens is 2. The molecule has 0 saturated heterocycles. The fourth-order valence-corrected chi connectivity index (χ4v) is 2.65. The molecule has 0 fully saturated rings. The Morgan fingerprint density at radius 1 is 1.37 bits per heavy atom. The van der Waals surface area contributed by atoms with Crippen LogP contribution in [0.4, 0.5) is 5.82 Å². The Hall–Kier alpha value is -2.98. The van der Waals surface area contributed by atoms with E-state index in [0.29, 0.717) is 21.3 Å². The molecule has 0 saturated carbocycles. The molecular weight excluding hydrogens is 395 g/mol. The molecule has 2 heterocycles. The van der Waals surface area contributed by atoms with E-state index in [1.54, 1.807) is 18.2 Å². The lowest BCUT2D eigenvalue weighted by molar-refractivity contribution is 0.0948. The van der Waals surface area contributed by atoms with Crippen molar-refractivity contribution in [1.29, 1.82) is 0 Å². The first-order chi connectivity index (χ1) is 12.9. The van der Waals surface area contributed by atoms with Gasteiger partial charge in [-0.3, -0.25) is 4.79 Å². The lowest BCUT2D eigenvalue weighted by atomic mass is 10.1. The second kappa shape index (κ2) is 7.72. The highest BCUT2D eigenvalue weighted by molar-refractivity contribution is 6.43. The number of benzene rings is 1. The maximum atomic E-state index is 12.5. The van der Waals surface area contributed by atoms with Gasteiger partial charge >= 0.3 is 0 Å². The molecule has 27 heavy (non-hydrogen) atoms. The van der Waals surface area contributed by atoms with Gasteiger partial charge < -0.3 is 5.73 Å². The zero-order chi connectivity index (χ0) is 19.6. The molecule has 0 aliphatic carbocycles. The molecule has 0 atom stereocenters. The Morgan fingerprint density at radius 3 is 2.81 bits per heavy atom. The summed E-state index contributed by atoms with van der Waals surface area (Å²) in [6.07, 6.45) is 1.38. The third kappa shape index (κ3) is 3.76. The van der Waals surface area contributed by atoms with Crippen LogP contribution in [0.5, 0.6) is 0 Å². The lowest BCUT2D eigenvalue weighted by Crippen LogP contribution is -2.21. The van der Waals surface area contributed by atoms with E-state index in [0.717, 1.165) is 0 Å². The summed E-state index contributed by atoms with van der Waals surface area (Å²) in [7, 11) is 0. The Morgan fingerprint density at radius 2 is 2.15 bits per heavy atom. The fraction of sp³-hybridized carbons (Fsp3) is 0.200. The van der Waals surface area contributed by atoms with Crippen molar-refractivity contribution in [3.63, 3.8) is 0 Å². The minimum absolute atomic E-state index is 0.0300. The molecule has 10 nitrogen and oxygen atoms in total. The van der Waals surface area contributed by atoms with Gasteiger partial charge in [-0.15, -0.1) is 5.10 Å². The van der Waals surface area contributed by atoms with Gasteiger partial charge in [0.25, 0.3) is 5.91 Å². The summed E-state index contributed by atoms with van der Waals surface area (Å²) in [6.45, 7) is 3.73. The normalized spacial score (nSPS) is 11.4. The largest absolute Gasteiger partial charge is 0.378 e. The molecule has 1 aromatic carbocycles. The van der Waals surface area contributed by atoms with Crippen LogP contribution in [-0.4, -0.2) is 37.4 Å². The number of carbonyl (C=O) groups is 1. The predicted octanol–water partition coefficient (Wildman–Crippen LogP) is 2.43. The number of nitrogen functional groups attached to an aromatic ring is 1. The van der Waals surface area contributed by atoms with Crippen LogP contribution < -0.4 is 11.2 Å². The van der Waals surface area contributed by atoms with Crippen molar-refractivity contribution < 1.29 is 9.42 Å². The average Bonchev–Trinajstić information content (AvgIpc) is 3.24. The highest BCUT2D eigenvalue weighted by atomic mass is 35.5. The number of hydrazone groups is 1. The number of rotatable bonds is 5. The first kappa shape index (κ1) is 18.8. The molecule has 140 valence electrons. The molecule has 1 amide bonds. The third-order valence-corrected chi connectivity index (χ3v) is 4.35. The SMILES string of the molecule is CC(C)c1c(C(=O)NN=Cc2cccc(Cl)c2Cl)nnn1-c1nonc1N. The van der Waals surface area contributed by atoms with E-state index >= 15 is 0 Å². The van der Waals surface area contributed by atoms with Gasteiger partial charge in [-0.05, 0) is 22.3 Å². The van der Waals surface area contributed by atoms with Crippen molar-refractivity contribution in [3.05, 3.63) is 45.2 Å². The highest BCUT2D eigenvalue weighted by Gasteiger charge is 2.25. The molecule has 0 radical (unpaired) electrons. The number of aromatic nitrogens is 5. The van der Waals surface area contributed by atoms with Gasteiger partial charge in [-0.2, -0.15) is 9.78 Å². The van der Waals surface area contributed by atoms with Crippen molar-refractivity contribution in [3.8, 4) is 5.82 Å². The van der Waals surface area contributed by atoms with E-state index in [-0.39, 0.29) is 23.2 Å². The van der Waals surface area contributed by atoms with Gasteiger partial charge in [0.05, 0.1) is 22.0 Å². The number of nitrogens with two attached hydrogens (primary N) is 1. The molecule has 12 heteroatoms. The molecule has 0 unspecified atom stereocenters. The van der Waals surface area contributed by atoms with Crippen LogP contribution in [-0.2, 0) is 0 Å². The Balaban J connectivity index is 1.85. The minimum Gasteiger partial charge on any atom is -0.378 e. The smallest absolute Gasteiger partial charge is 0.293 e. The number of nitrogens with one attached hydrogen (secondary N) is 1. The molecule has 0 bridgehead atoms. The summed E-state index contributed by atoms with van der Waals surface area (Å²) >= 11 is 12.0. The number of hydrogen-bond acceptors (Lipinski definition) is 8. The second-order valence-corrected chi connectivity index (χ2v) is 6.49. The van der Waals surface area contributed by atoms with E-state index in [1.807, 2.05) is 13.8 Å². The van der Waals surface area contributed by atoms with Gasteiger partial charge in [0.1, 0.15) is 0 Å². The number of hydrogen-bond donors (Lipinski definition) is 2. The lowest BCUT2D eigenvalue weighted by Gasteiger charge is -2.08. The molecule has 2 aromatic heterocycles. The minimum atomic E-state index is -0.561. The van der Waals surface area contributed by atoms with Crippen LogP contribution in [0.15, 0.2) is 27.9 Å². The molecule has 0 spiro atoms. The highest BCUT2D eigenvalue weighted by Crippen LogP contribution is 2.24. The molecule has 3 aromatic rings. The quantitative estimate of drug-likeness (QED) is 0.488. The second-order valence-electron chi connectivity index (χ2n) is 5.71. The van der Waals surface area contributed by atoms with Gasteiger partial charge in [0, 0.05) is 5.56 Å². The number of carbonyl (C=O) groups excluding carboxylic acids is 1. The topological polar surface area (TPSA) is 137 Å². The summed E-state index contributed by atoms with van der Waals surface area (Å²) in [5, 5.41) is 19.6. The first-order valence-electron chi connectivity index (χ1n) is 7.71. The third-order valence-electron chi connectivity index (χ3n) is 3.51. The van der Waals surface area contributed by atoms with Crippen molar-refractivity contribution in [1.82, 2.24) is 30.7 Å². The Kier molecular flexibility index (Phi) is 5.38. The van der Waals surface area contributed by atoms with Gasteiger partial charge in [0.15, 0.2) is 5.69 Å². The van der Waals surface area contributed by atoms with E-state index in [1.165, 1.54) is 10.9 Å². The summed E-state index contributed by atoms with van der Waals surface area (Å²) < 4.78 is 5.89. The van der Waals surface area contributed by atoms with E-state index in [4.69, 9.17) is 28.9 Å². The molecule has 3 N–H and O–H groups in total. The van der Waals surface area contributed by atoms with Crippen LogP contribution in [0.25, 0.3) is 5.82 Å². The molecule has 0 aliphatic heterocycles. The van der Waals surface area contributed by atoms with E-state index in [2.05, 4.69) is 35.8 Å². The number of anilines is 1. The monoisotopic (exact) mass is 408 g/mol. The van der Waals surface area contributed by atoms with Crippen LogP contribution in [0, 0.1) is 0 Å². The summed E-state index contributed by atoms with van der Waals surface area (Å²) in [5.41, 5.74) is 9.18. The Labute approximate surface area is 163 Å². The van der Waals surface area contributed by atoms with Crippen LogP contribution in [0.3, 0.4) is 0 Å². The van der Waals surface area contributed by atoms with Gasteiger partial charge in [0.2, 0.25) is 11.6 Å². The maximum absolute atomic E-state index is 12.5. The molecule has 3 rings (SSSR count). The van der Waals surface area contributed by atoms with Crippen LogP contribution in [0.1, 0.15) is 41.5 Å². The van der Waals surface area contributed by atoms with Gasteiger partial charge in [-0.1, -0.05) is 54.4 Å². The van der Waals surface area contributed by atoms with Crippen molar-refractivity contribution in [2.45, 2.75) is 19.8 Å². The summed E-state index contributed by atoms with van der Waals surface area (Å²) in [4.78, 5) is 12.5. The predicted molar refractivity (Wildman–Crippen MR) is 99.2 cm³/mol. The number of nitrogens with zero attached hydrogens (tertiary/aromatic N) is 6. The van der Waals surface area contributed by atoms with Crippen molar-refractivity contribution >= 4 is 41.1 Å². The molecular formula is C15H14Cl2N8O2. The fourth-order valence-electron chi connectivity index (χ4n) is 2.30. The standard InChI is InChI=1S/C15H14Cl2N8O2/c1-7(2)12-11(20-24-25(12)14-13(18)22-27-23-14)15(26)21-19-6-8-4-3-5-9(16)10(8)17/h3-7H,1-2H3,(H2,18,22)(H,21,26). The zero-order valence-electron chi connectivity index (χ0n) is 14.2. The van der Waals surface area contributed by atoms with E-state index in [9.17, 15) is 4.79 Å². The maximum Gasteiger partial charge on any atom is 0.293 e. The Bertz CT molecular complexity index is 1010. The molecule has 0 aliphatic rings. The van der Waals surface area contributed by atoms with Crippen LogP contribution in [0.2, 0.25) is 10.0 Å².